The lowest BCUT2D eigenvalue weighted by Gasteiger charge is -2.10. The Hall–Kier alpha value is -3.12. The number of nitrogens with one attached hydrogen (secondary N) is 1. The fraction of sp³-hybridized carbons (Fsp3) is 0.150. The van der Waals surface area contributed by atoms with Crippen LogP contribution in [-0.2, 0) is 0 Å². The highest BCUT2D eigenvalue weighted by Gasteiger charge is 2.20. The summed E-state index contributed by atoms with van der Waals surface area (Å²) in [6.45, 7) is 4.21. The number of primary amides is 1. The van der Waals surface area contributed by atoms with Crippen molar-refractivity contribution in [2.45, 2.75) is 19.8 Å². The number of H-pyrrole nitrogens is 1. The summed E-state index contributed by atoms with van der Waals surface area (Å²) in [7, 11) is 0. The standard InChI is InChI=1S/C20H18ClN5O/c1-11(2)18-17(19(25-24-18)12-3-6-14(21)7-4-12)13-5-8-16-23-9-15(20(22)27)26(16)10-13/h3-11H,1-2H3,(H2,22,27)(H,24,25). The monoisotopic (exact) mass is 379 g/mol. The smallest absolute Gasteiger partial charge is 0.267 e. The largest absolute Gasteiger partial charge is 0.364 e. The van der Waals surface area contributed by atoms with Gasteiger partial charge in [-0.3, -0.25) is 14.3 Å². The number of nitrogens with two attached hydrogens (primary N) is 1. The van der Waals surface area contributed by atoms with E-state index in [0.29, 0.717) is 16.4 Å². The maximum Gasteiger partial charge on any atom is 0.267 e. The molecular weight excluding hydrogens is 362 g/mol. The number of nitrogens with zero attached hydrogens (tertiary/aromatic N) is 3. The lowest BCUT2D eigenvalue weighted by molar-refractivity contribution is 0.0995. The minimum absolute atomic E-state index is 0.239. The summed E-state index contributed by atoms with van der Waals surface area (Å²) in [5, 5.41) is 8.39. The van der Waals surface area contributed by atoms with Crippen LogP contribution in [0.5, 0.6) is 0 Å². The molecule has 0 bridgehead atoms. The Balaban J connectivity index is 1.96. The van der Waals surface area contributed by atoms with Gasteiger partial charge in [-0.2, -0.15) is 5.10 Å². The van der Waals surface area contributed by atoms with Gasteiger partial charge in [0.25, 0.3) is 5.91 Å². The van der Waals surface area contributed by atoms with Crippen LogP contribution >= 0.6 is 11.6 Å². The summed E-state index contributed by atoms with van der Waals surface area (Å²) in [5.41, 5.74) is 11.2. The molecule has 0 unspecified atom stereocenters. The van der Waals surface area contributed by atoms with E-state index >= 15 is 0 Å². The van der Waals surface area contributed by atoms with Gasteiger partial charge in [-0.05, 0) is 30.2 Å². The topological polar surface area (TPSA) is 89.1 Å². The van der Waals surface area contributed by atoms with E-state index in [1.165, 1.54) is 6.20 Å². The van der Waals surface area contributed by atoms with Crippen molar-refractivity contribution in [1.29, 1.82) is 0 Å². The van der Waals surface area contributed by atoms with Crippen LogP contribution in [0.3, 0.4) is 0 Å². The Morgan fingerprint density at radius 2 is 1.85 bits per heavy atom. The molecule has 0 saturated heterocycles. The van der Waals surface area contributed by atoms with Crippen molar-refractivity contribution < 1.29 is 4.79 Å². The van der Waals surface area contributed by atoms with Crippen molar-refractivity contribution in [3.05, 3.63) is 65.2 Å². The molecule has 1 aromatic carbocycles. The van der Waals surface area contributed by atoms with E-state index in [9.17, 15) is 4.79 Å². The highest BCUT2D eigenvalue weighted by atomic mass is 35.5. The molecule has 0 aliphatic rings. The molecule has 0 fully saturated rings. The van der Waals surface area contributed by atoms with Crippen LogP contribution in [0.1, 0.15) is 35.9 Å². The molecule has 1 amide bonds. The van der Waals surface area contributed by atoms with Gasteiger partial charge in [0.2, 0.25) is 0 Å². The van der Waals surface area contributed by atoms with Crippen LogP contribution in [0.25, 0.3) is 28.0 Å². The van der Waals surface area contributed by atoms with E-state index in [2.05, 4.69) is 29.0 Å². The highest BCUT2D eigenvalue weighted by Crippen LogP contribution is 2.36. The van der Waals surface area contributed by atoms with Crippen molar-refractivity contribution in [2.75, 3.05) is 0 Å². The molecule has 3 N–H and O–H groups in total. The molecule has 0 aliphatic carbocycles. The minimum atomic E-state index is -0.520. The van der Waals surface area contributed by atoms with E-state index in [4.69, 9.17) is 17.3 Å². The molecule has 3 heterocycles. The average Bonchev–Trinajstić information content (AvgIpc) is 3.26. The van der Waals surface area contributed by atoms with Crippen LogP contribution in [0, 0.1) is 0 Å². The number of benzene rings is 1. The zero-order valence-corrected chi connectivity index (χ0v) is 15.7. The number of imidazole rings is 1. The maximum absolute atomic E-state index is 11.7. The van der Waals surface area contributed by atoms with Crippen LogP contribution in [0.15, 0.2) is 48.8 Å². The molecule has 0 aliphatic heterocycles. The molecule has 136 valence electrons. The maximum atomic E-state index is 11.7. The molecule has 0 saturated carbocycles. The number of fused-ring (bicyclic) bond motifs is 1. The van der Waals surface area contributed by atoms with Crippen LogP contribution in [0.2, 0.25) is 5.02 Å². The van der Waals surface area contributed by atoms with E-state index in [1.807, 2.05) is 42.6 Å². The third kappa shape index (κ3) is 2.98. The summed E-state index contributed by atoms with van der Waals surface area (Å²) < 4.78 is 1.71. The number of rotatable bonds is 4. The van der Waals surface area contributed by atoms with E-state index in [0.717, 1.165) is 28.1 Å². The molecule has 7 heteroatoms. The average molecular weight is 380 g/mol. The summed E-state index contributed by atoms with van der Waals surface area (Å²) in [5.74, 6) is -0.281. The zero-order chi connectivity index (χ0) is 19.1. The van der Waals surface area contributed by atoms with Crippen LogP contribution < -0.4 is 5.73 Å². The van der Waals surface area contributed by atoms with Gasteiger partial charge in [0, 0.05) is 33.6 Å². The molecule has 0 radical (unpaired) electrons. The van der Waals surface area contributed by atoms with Gasteiger partial charge >= 0.3 is 0 Å². The summed E-state index contributed by atoms with van der Waals surface area (Å²) in [6, 6.07) is 11.4. The van der Waals surface area contributed by atoms with Crippen molar-refractivity contribution >= 4 is 23.2 Å². The van der Waals surface area contributed by atoms with Gasteiger partial charge in [-0.1, -0.05) is 37.6 Å². The predicted molar refractivity (Wildman–Crippen MR) is 106 cm³/mol. The van der Waals surface area contributed by atoms with Crippen LogP contribution in [-0.4, -0.2) is 25.5 Å². The van der Waals surface area contributed by atoms with Crippen molar-refractivity contribution in [3.8, 4) is 22.4 Å². The van der Waals surface area contributed by atoms with Crippen molar-refractivity contribution in [1.82, 2.24) is 19.6 Å². The number of pyridine rings is 1. The van der Waals surface area contributed by atoms with Crippen LogP contribution in [0.4, 0.5) is 0 Å². The molecular formula is C20H18ClN5O. The SMILES string of the molecule is CC(C)c1[nH]nc(-c2ccc(Cl)cc2)c1-c1ccc2ncc(C(N)=O)n2c1. The first-order valence-corrected chi connectivity index (χ1v) is 8.95. The third-order valence-corrected chi connectivity index (χ3v) is 4.79. The second kappa shape index (κ2) is 6.55. The third-order valence-electron chi connectivity index (χ3n) is 4.54. The first-order chi connectivity index (χ1) is 13.0. The van der Waals surface area contributed by atoms with E-state index in [1.54, 1.807) is 4.40 Å². The number of carbonyl (C=O) groups excluding carboxylic acids is 1. The number of hydrogen-bond acceptors (Lipinski definition) is 3. The summed E-state index contributed by atoms with van der Waals surface area (Å²) in [4.78, 5) is 15.9. The first-order valence-electron chi connectivity index (χ1n) is 8.57. The summed E-state index contributed by atoms with van der Waals surface area (Å²) in [6.07, 6.45) is 3.36. The predicted octanol–water partition coefficient (Wildman–Crippen LogP) is 4.27. The van der Waals surface area contributed by atoms with Crippen molar-refractivity contribution in [2.24, 2.45) is 5.73 Å². The molecule has 0 atom stereocenters. The fourth-order valence-electron chi connectivity index (χ4n) is 3.19. The van der Waals surface area contributed by atoms with E-state index in [-0.39, 0.29) is 5.92 Å². The normalized spacial score (nSPS) is 11.4. The fourth-order valence-corrected chi connectivity index (χ4v) is 3.32. The molecule has 6 nitrogen and oxygen atoms in total. The molecule has 4 rings (SSSR count). The Bertz CT molecular complexity index is 1140. The Labute approximate surface area is 161 Å². The Morgan fingerprint density at radius 1 is 1.15 bits per heavy atom. The number of hydrogen-bond donors (Lipinski definition) is 2. The molecule has 3 aromatic heterocycles. The number of aromatic nitrogens is 4. The number of carbonyl (C=O) groups is 1. The molecule has 0 spiro atoms. The highest BCUT2D eigenvalue weighted by molar-refractivity contribution is 6.30. The summed E-state index contributed by atoms with van der Waals surface area (Å²) >= 11 is 6.03. The zero-order valence-electron chi connectivity index (χ0n) is 14.9. The first kappa shape index (κ1) is 17.3. The van der Waals surface area contributed by atoms with E-state index < -0.39 is 5.91 Å². The number of halogens is 1. The minimum Gasteiger partial charge on any atom is -0.364 e. The van der Waals surface area contributed by atoms with Gasteiger partial charge in [0.15, 0.2) is 0 Å². The van der Waals surface area contributed by atoms with Gasteiger partial charge < -0.3 is 5.73 Å². The number of aromatic amines is 1. The van der Waals surface area contributed by atoms with Gasteiger partial charge in [0.1, 0.15) is 17.0 Å². The quantitative estimate of drug-likeness (QED) is 0.555. The lowest BCUT2D eigenvalue weighted by atomic mass is 9.95. The Morgan fingerprint density at radius 3 is 2.52 bits per heavy atom. The lowest BCUT2D eigenvalue weighted by Crippen LogP contribution is -2.13. The van der Waals surface area contributed by atoms with Gasteiger partial charge in [-0.25, -0.2) is 4.98 Å². The Kier molecular flexibility index (Phi) is 4.20. The van der Waals surface area contributed by atoms with Crippen molar-refractivity contribution in [3.63, 3.8) is 0 Å². The molecule has 4 aromatic rings. The number of amides is 1. The molecule has 27 heavy (non-hydrogen) atoms. The van der Waals surface area contributed by atoms with Gasteiger partial charge in [0.05, 0.1) is 6.20 Å². The van der Waals surface area contributed by atoms with Gasteiger partial charge in [-0.15, -0.1) is 0 Å². The second-order valence-electron chi connectivity index (χ2n) is 6.68. The second-order valence-corrected chi connectivity index (χ2v) is 7.11.